The Labute approximate surface area is 115 Å². The van der Waals surface area contributed by atoms with Gasteiger partial charge in [0.1, 0.15) is 11.5 Å². The number of hydrogen-bond acceptors (Lipinski definition) is 3. The van der Waals surface area contributed by atoms with Gasteiger partial charge in [-0.15, -0.1) is 12.4 Å². The Morgan fingerprint density at radius 2 is 1.94 bits per heavy atom. The summed E-state index contributed by atoms with van der Waals surface area (Å²) in [6.45, 7) is 8.17. The van der Waals surface area contributed by atoms with Crippen LogP contribution in [0.1, 0.15) is 48.6 Å². The predicted octanol–water partition coefficient (Wildman–Crippen LogP) is 2.57. The van der Waals surface area contributed by atoms with Crippen LogP contribution in [-0.2, 0) is 0 Å². The van der Waals surface area contributed by atoms with Gasteiger partial charge in [-0.2, -0.15) is 0 Å². The number of amides is 1. The first-order valence-corrected chi connectivity index (χ1v) is 6.06. The van der Waals surface area contributed by atoms with Crippen LogP contribution in [0.25, 0.3) is 0 Å². The van der Waals surface area contributed by atoms with E-state index in [1.807, 2.05) is 20.8 Å². The van der Waals surface area contributed by atoms with Crippen molar-refractivity contribution in [2.75, 3.05) is 6.54 Å². The van der Waals surface area contributed by atoms with Crippen molar-refractivity contribution in [2.24, 2.45) is 5.73 Å². The number of halogens is 1. The molecule has 1 aromatic heterocycles. The number of aryl methyl sites for hydroxylation is 2. The fourth-order valence-corrected chi connectivity index (χ4v) is 1.71. The number of furan rings is 1. The van der Waals surface area contributed by atoms with Crippen LogP contribution in [0.5, 0.6) is 0 Å². The van der Waals surface area contributed by atoms with Gasteiger partial charge in [0.15, 0.2) is 0 Å². The molecule has 0 saturated carbocycles. The van der Waals surface area contributed by atoms with Gasteiger partial charge in [-0.3, -0.25) is 4.79 Å². The zero-order valence-corrected chi connectivity index (χ0v) is 12.3. The fourth-order valence-electron chi connectivity index (χ4n) is 1.71. The van der Waals surface area contributed by atoms with Crippen molar-refractivity contribution in [2.45, 2.75) is 46.1 Å². The molecule has 0 saturated heterocycles. The van der Waals surface area contributed by atoms with E-state index in [0.717, 1.165) is 18.6 Å². The van der Waals surface area contributed by atoms with E-state index in [1.54, 1.807) is 13.0 Å². The first kappa shape index (κ1) is 17.0. The molecule has 1 heterocycles. The lowest BCUT2D eigenvalue weighted by atomic mass is 9.94. The molecule has 3 N–H and O–H groups in total. The molecule has 0 bridgehead atoms. The van der Waals surface area contributed by atoms with Gasteiger partial charge >= 0.3 is 0 Å². The number of carbonyl (C=O) groups is 1. The third-order valence-corrected chi connectivity index (χ3v) is 3.29. The van der Waals surface area contributed by atoms with Gasteiger partial charge < -0.3 is 15.5 Å². The number of nitrogens with two attached hydrogens (primary N) is 1. The number of carbonyl (C=O) groups excluding carboxylic acids is 1. The molecule has 0 fully saturated rings. The first-order chi connectivity index (χ1) is 7.91. The Bertz CT molecular complexity index is 398. The number of nitrogens with one attached hydrogen (secondary N) is 1. The molecule has 0 spiro atoms. The van der Waals surface area contributed by atoms with Crippen molar-refractivity contribution < 1.29 is 9.21 Å². The third-order valence-electron chi connectivity index (χ3n) is 3.29. The predicted molar refractivity (Wildman–Crippen MR) is 75.3 cm³/mol. The number of hydrogen-bond donors (Lipinski definition) is 2. The van der Waals surface area contributed by atoms with Crippen LogP contribution in [0.3, 0.4) is 0 Å². The molecule has 0 aromatic carbocycles. The smallest absolute Gasteiger partial charge is 0.254 e. The molecule has 0 unspecified atom stereocenters. The quantitative estimate of drug-likeness (QED) is 0.867. The zero-order valence-electron chi connectivity index (χ0n) is 11.5. The van der Waals surface area contributed by atoms with Crippen molar-refractivity contribution in [1.82, 2.24) is 5.32 Å². The molecule has 0 aliphatic rings. The minimum absolute atomic E-state index is 0. The maximum absolute atomic E-state index is 11.9. The van der Waals surface area contributed by atoms with E-state index < -0.39 is 0 Å². The molecule has 1 aromatic rings. The van der Waals surface area contributed by atoms with E-state index in [-0.39, 0.29) is 23.9 Å². The van der Waals surface area contributed by atoms with Crippen LogP contribution < -0.4 is 11.1 Å². The van der Waals surface area contributed by atoms with E-state index in [0.29, 0.717) is 17.9 Å². The lowest BCUT2D eigenvalue weighted by Gasteiger charge is -2.26. The summed E-state index contributed by atoms with van der Waals surface area (Å²) in [7, 11) is 0. The van der Waals surface area contributed by atoms with Crippen molar-refractivity contribution >= 4 is 18.3 Å². The van der Waals surface area contributed by atoms with Gasteiger partial charge in [-0.1, -0.05) is 13.8 Å². The molecule has 0 radical (unpaired) electrons. The van der Waals surface area contributed by atoms with Gasteiger partial charge in [-0.05, 0) is 32.8 Å². The summed E-state index contributed by atoms with van der Waals surface area (Å²) in [5, 5.41) is 2.87. The maximum Gasteiger partial charge on any atom is 0.254 e. The Kier molecular flexibility index (Phi) is 6.43. The SMILES string of the molecule is CCC(N)(CC)CNC(=O)c1cc(C)oc1C.Cl. The minimum atomic E-state index is -0.317. The monoisotopic (exact) mass is 274 g/mol. The van der Waals surface area contributed by atoms with Crippen LogP contribution in [-0.4, -0.2) is 18.0 Å². The van der Waals surface area contributed by atoms with Crippen LogP contribution in [0, 0.1) is 13.8 Å². The van der Waals surface area contributed by atoms with Crippen LogP contribution >= 0.6 is 12.4 Å². The average Bonchev–Trinajstić information content (AvgIpc) is 2.65. The summed E-state index contributed by atoms with van der Waals surface area (Å²) < 4.78 is 5.33. The molecular formula is C13H23ClN2O2. The Balaban J connectivity index is 0.00000289. The van der Waals surface area contributed by atoms with Crippen LogP contribution in [0.2, 0.25) is 0 Å². The molecule has 1 amide bonds. The highest BCUT2D eigenvalue weighted by atomic mass is 35.5. The Hall–Kier alpha value is -1.00. The minimum Gasteiger partial charge on any atom is -0.466 e. The topological polar surface area (TPSA) is 68.3 Å². The molecule has 1 rings (SSSR count). The van der Waals surface area contributed by atoms with E-state index in [1.165, 1.54) is 0 Å². The zero-order chi connectivity index (χ0) is 13.1. The molecule has 0 aliphatic carbocycles. The summed E-state index contributed by atoms with van der Waals surface area (Å²) in [5.74, 6) is 1.28. The van der Waals surface area contributed by atoms with Gasteiger partial charge in [0.2, 0.25) is 0 Å². The highest BCUT2D eigenvalue weighted by Gasteiger charge is 2.22. The third kappa shape index (κ3) is 4.03. The largest absolute Gasteiger partial charge is 0.466 e. The summed E-state index contributed by atoms with van der Waals surface area (Å²) in [4.78, 5) is 11.9. The maximum atomic E-state index is 11.9. The second-order valence-electron chi connectivity index (χ2n) is 4.58. The summed E-state index contributed by atoms with van der Waals surface area (Å²) in [6, 6.07) is 1.75. The number of rotatable bonds is 5. The van der Waals surface area contributed by atoms with Gasteiger partial charge in [0, 0.05) is 12.1 Å². The highest BCUT2D eigenvalue weighted by Crippen LogP contribution is 2.14. The fraction of sp³-hybridized carbons (Fsp3) is 0.615. The normalized spacial score (nSPS) is 10.9. The molecular weight excluding hydrogens is 252 g/mol. The van der Waals surface area contributed by atoms with Crippen LogP contribution in [0.15, 0.2) is 10.5 Å². The van der Waals surface area contributed by atoms with Crippen LogP contribution in [0.4, 0.5) is 0 Å². The first-order valence-electron chi connectivity index (χ1n) is 6.06. The van der Waals surface area contributed by atoms with E-state index in [2.05, 4.69) is 5.32 Å². The second-order valence-corrected chi connectivity index (χ2v) is 4.58. The molecule has 18 heavy (non-hydrogen) atoms. The highest BCUT2D eigenvalue weighted by molar-refractivity contribution is 5.95. The lowest BCUT2D eigenvalue weighted by molar-refractivity contribution is 0.0940. The Morgan fingerprint density at radius 1 is 1.39 bits per heavy atom. The van der Waals surface area contributed by atoms with E-state index in [4.69, 9.17) is 10.2 Å². The Morgan fingerprint density at radius 3 is 2.33 bits per heavy atom. The molecule has 0 aliphatic heterocycles. The summed E-state index contributed by atoms with van der Waals surface area (Å²) in [6.07, 6.45) is 1.68. The molecule has 0 atom stereocenters. The van der Waals surface area contributed by atoms with Crippen molar-refractivity contribution in [3.05, 3.63) is 23.2 Å². The summed E-state index contributed by atoms with van der Waals surface area (Å²) in [5.41, 5.74) is 6.41. The average molecular weight is 275 g/mol. The van der Waals surface area contributed by atoms with E-state index >= 15 is 0 Å². The van der Waals surface area contributed by atoms with Gasteiger partial charge in [-0.25, -0.2) is 0 Å². The van der Waals surface area contributed by atoms with Crippen molar-refractivity contribution in [1.29, 1.82) is 0 Å². The summed E-state index contributed by atoms with van der Waals surface area (Å²) >= 11 is 0. The van der Waals surface area contributed by atoms with E-state index in [9.17, 15) is 4.79 Å². The molecule has 4 nitrogen and oxygen atoms in total. The molecule has 5 heteroatoms. The van der Waals surface area contributed by atoms with Crippen molar-refractivity contribution in [3.8, 4) is 0 Å². The molecule has 104 valence electrons. The second kappa shape index (κ2) is 6.81. The van der Waals surface area contributed by atoms with Crippen molar-refractivity contribution in [3.63, 3.8) is 0 Å². The van der Waals surface area contributed by atoms with Gasteiger partial charge in [0.25, 0.3) is 5.91 Å². The standard InChI is InChI=1S/C13H22N2O2.ClH/c1-5-13(14,6-2)8-15-12(16)11-7-9(3)17-10(11)4;/h7H,5-6,8,14H2,1-4H3,(H,15,16);1H. The lowest BCUT2D eigenvalue weighted by Crippen LogP contribution is -2.49. The van der Waals surface area contributed by atoms with Gasteiger partial charge in [0.05, 0.1) is 5.56 Å².